The molecule has 0 radical (unpaired) electrons. The van der Waals surface area contributed by atoms with Crippen LogP contribution in [0.15, 0.2) is 72.8 Å². The Labute approximate surface area is 167 Å². The van der Waals surface area contributed by atoms with Crippen molar-refractivity contribution in [3.8, 4) is 0 Å². The second-order valence-electron chi connectivity index (χ2n) is 6.27. The number of carbonyl (C=O) groups excluding carboxylic acids is 2. The number of hydrogen-bond donors (Lipinski definition) is 1. The van der Waals surface area contributed by atoms with Gasteiger partial charge in [0.15, 0.2) is 5.78 Å². The molecule has 0 heterocycles. The second kappa shape index (κ2) is 8.90. The molecule has 1 N–H and O–H groups in total. The number of non-ortho nitro benzene ring substituents is 1. The Bertz CT molecular complexity index is 1060. The van der Waals surface area contributed by atoms with Crippen molar-refractivity contribution in [2.24, 2.45) is 0 Å². The summed E-state index contributed by atoms with van der Waals surface area (Å²) >= 11 is 0. The quantitative estimate of drug-likeness (QED) is 0.370. The van der Waals surface area contributed by atoms with Gasteiger partial charge in [-0.15, -0.1) is 0 Å². The zero-order chi connectivity index (χ0) is 20.8. The Hall–Kier alpha value is -3.84. The van der Waals surface area contributed by atoms with Crippen molar-refractivity contribution >= 4 is 23.1 Å². The van der Waals surface area contributed by atoms with Gasteiger partial charge in [-0.25, -0.2) is 0 Å². The summed E-state index contributed by atoms with van der Waals surface area (Å²) in [6.07, 6.45) is 0. The van der Waals surface area contributed by atoms with E-state index in [1.165, 1.54) is 18.2 Å². The van der Waals surface area contributed by atoms with Crippen LogP contribution < -0.4 is 5.32 Å². The maximum atomic E-state index is 12.9. The molecule has 146 valence electrons. The Balaban J connectivity index is 1.96. The van der Waals surface area contributed by atoms with E-state index in [1.54, 1.807) is 55.6 Å². The fourth-order valence-corrected chi connectivity index (χ4v) is 2.85. The number of nitro benzene ring substituents is 1. The van der Waals surface area contributed by atoms with E-state index in [-0.39, 0.29) is 16.9 Å². The van der Waals surface area contributed by atoms with E-state index < -0.39 is 16.6 Å². The minimum atomic E-state index is -0.582. The Kier molecular flexibility index (Phi) is 6.11. The highest BCUT2D eigenvalue weighted by Crippen LogP contribution is 2.25. The largest absolute Gasteiger partial charge is 0.380 e. The van der Waals surface area contributed by atoms with Gasteiger partial charge in [-0.1, -0.05) is 42.5 Å². The highest BCUT2D eigenvalue weighted by molar-refractivity contribution is 6.15. The molecule has 1 amide bonds. The number of amides is 1. The van der Waals surface area contributed by atoms with E-state index in [0.29, 0.717) is 17.7 Å². The van der Waals surface area contributed by atoms with E-state index >= 15 is 0 Å². The molecular formula is C22H18N2O5. The van der Waals surface area contributed by atoms with Gasteiger partial charge in [0, 0.05) is 30.4 Å². The molecule has 0 atom stereocenters. The van der Waals surface area contributed by atoms with Crippen LogP contribution in [0, 0.1) is 10.1 Å². The van der Waals surface area contributed by atoms with E-state index in [4.69, 9.17) is 4.74 Å². The van der Waals surface area contributed by atoms with E-state index in [0.717, 1.165) is 5.56 Å². The second-order valence-corrected chi connectivity index (χ2v) is 6.27. The predicted octanol–water partition coefficient (Wildman–Crippen LogP) is 4.22. The lowest BCUT2D eigenvalue weighted by molar-refractivity contribution is -0.384. The van der Waals surface area contributed by atoms with E-state index in [1.807, 2.05) is 6.07 Å². The van der Waals surface area contributed by atoms with Crippen LogP contribution in [0.3, 0.4) is 0 Å². The standard InChI is InChI=1S/C22H18N2O5/c1-29-14-15-6-5-9-17(12-15)22(26)23-20-11-10-18(24(27)28)13-19(20)21(25)16-7-3-2-4-8-16/h2-13H,14H2,1H3,(H,23,26). The molecule has 7 heteroatoms. The summed E-state index contributed by atoms with van der Waals surface area (Å²) in [5, 5.41) is 13.9. The Morgan fingerprint density at radius 3 is 2.38 bits per heavy atom. The third kappa shape index (κ3) is 4.72. The predicted molar refractivity (Wildman–Crippen MR) is 108 cm³/mol. The van der Waals surface area contributed by atoms with Gasteiger partial charge < -0.3 is 10.1 Å². The highest BCUT2D eigenvalue weighted by atomic mass is 16.6. The van der Waals surface area contributed by atoms with Gasteiger partial charge in [0.1, 0.15) is 0 Å². The maximum absolute atomic E-state index is 12.9. The minimum absolute atomic E-state index is 0.0480. The number of rotatable bonds is 7. The van der Waals surface area contributed by atoms with Crippen LogP contribution in [0.5, 0.6) is 0 Å². The smallest absolute Gasteiger partial charge is 0.270 e. The summed E-state index contributed by atoms with van der Waals surface area (Å²) < 4.78 is 5.08. The Morgan fingerprint density at radius 2 is 1.69 bits per heavy atom. The van der Waals surface area contributed by atoms with Crippen molar-refractivity contribution in [3.63, 3.8) is 0 Å². The first kappa shape index (κ1) is 19.9. The molecule has 0 fully saturated rings. The molecular weight excluding hydrogens is 372 g/mol. The minimum Gasteiger partial charge on any atom is -0.380 e. The van der Waals surface area contributed by atoms with Gasteiger partial charge >= 0.3 is 0 Å². The summed E-state index contributed by atoms with van der Waals surface area (Å²) in [7, 11) is 1.56. The number of nitrogens with zero attached hydrogens (tertiary/aromatic N) is 1. The molecule has 0 bridgehead atoms. The van der Waals surface area contributed by atoms with Crippen LogP contribution in [-0.2, 0) is 11.3 Å². The molecule has 29 heavy (non-hydrogen) atoms. The number of carbonyl (C=O) groups is 2. The van der Waals surface area contributed by atoms with Gasteiger partial charge in [-0.05, 0) is 23.8 Å². The van der Waals surface area contributed by atoms with Crippen LogP contribution in [0.2, 0.25) is 0 Å². The lowest BCUT2D eigenvalue weighted by atomic mass is 10.0. The van der Waals surface area contributed by atoms with Crippen LogP contribution in [0.4, 0.5) is 11.4 Å². The van der Waals surface area contributed by atoms with Crippen molar-refractivity contribution in [1.29, 1.82) is 0 Å². The number of nitro groups is 1. The van der Waals surface area contributed by atoms with Crippen molar-refractivity contribution < 1.29 is 19.2 Å². The molecule has 0 spiro atoms. The van der Waals surface area contributed by atoms with Crippen molar-refractivity contribution in [2.75, 3.05) is 12.4 Å². The van der Waals surface area contributed by atoms with E-state index in [9.17, 15) is 19.7 Å². The molecule has 3 aromatic carbocycles. The highest BCUT2D eigenvalue weighted by Gasteiger charge is 2.20. The number of ether oxygens (including phenoxy) is 1. The summed E-state index contributed by atoms with van der Waals surface area (Å²) in [6, 6.07) is 19.1. The number of anilines is 1. The molecule has 3 aromatic rings. The fourth-order valence-electron chi connectivity index (χ4n) is 2.85. The van der Waals surface area contributed by atoms with Gasteiger partial charge in [-0.3, -0.25) is 19.7 Å². The van der Waals surface area contributed by atoms with Gasteiger partial charge in [-0.2, -0.15) is 0 Å². The lowest BCUT2D eigenvalue weighted by Gasteiger charge is -2.11. The molecule has 0 aliphatic carbocycles. The molecule has 0 saturated heterocycles. The van der Waals surface area contributed by atoms with Crippen LogP contribution in [-0.4, -0.2) is 23.7 Å². The van der Waals surface area contributed by atoms with E-state index in [2.05, 4.69) is 5.32 Å². The van der Waals surface area contributed by atoms with Gasteiger partial charge in [0.05, 0.1) is 22.8 Å². The first-order chi connectivity index (χ1) is 14.0. The summed E-state index contributed by atoms with van der Waals surface area (Å²) in [5.74, 6) is -0.850. The SMILES string of the molecule is COCc1cccc(C(=O)Nc2ccc([N+](=O)[O-])cc2C(=O)c2ccccc2)c1. The lowest BCUT2D eigenvalue weighted by Crippen LogP contribution is -2.16. The van der Waals surface area contributed by atoms with Crippen LogP contribution >= 0.6 is 0 Å². The molecule has 3 rings (SSSR count). The summed E-state index contributed by atoms with van der Waals surface area (Å²) in [5.41, 5.74) is 1.59. The number of nitrogens with one attached hydrogen (secondary N) is 1. The maximum Gasteiger partial charge on any atom is 0.270 e. The van der Waals surface area contributed by atoms with Crippen LogP contribution in [0.25, 0.3) is 0 Å². The number of ketones is 1. The molecule has 0 unspecified atom stereocenters. The average molecular weight is 390 g/mol. The number of hydrogen-bond acceptors (Lipinski definition) is 5. The van der Waals surface area contributed by atoms with Gasteiger partial charge in [0.25, 0.3) is 11.6 Å². The fraction of sp³-hybridized carbons (Fsp3) is 0.0909. The molecule has 0 aliphatic rings. The average Bonchev–Trinajstić information content (AvgIpc) is 2.74. The number of benzene rings is 3. The molecule has 0 aliphatic heterocycles. The first-order valence-corrected chi connectivity index (χ1v) is 8.77. The van der Waals surface area contributed by atoms with Crippen molar-refractivity contribution in [2.45, 2.75) is 6.61 Å². The van der Waals surface area contributed by atoms with Crippen molar-refractivity contribution in [3.05, 3.63) is 105 Å². The topological polar surface area (TPSA) is 98.5 Å². The number of methoxy groups -OCH3 is 1. The van der Waals surface area contributed by atoms with Crippen LogP contribution in [0.1, 0.15) is 31.8 Å². The third-order valence-corrected chi connectivity index (χ3v) is 4.24. The summed E-state index contributed by atoms with van der Waals surface area (Å²) in [4.78, 5) is 36.2. The zero-order valence-corrected chi connectivity index (χ0v) is 15.6. The Morgan fingerprint density at radius 1 is 0.966 bits per heavy atom. The van der Waals surface area contributed by atoms with Gasteiger partial charge in [0.2, 0.25) is 0 Å². The third-order valence-electron chi connectivity index (χ3n) is 4.24. The molecule has 7 nitrogen and oxygen atoms in total. The summed E-state index contributed by atoms with van der Waals surface area (Å²) in [6.45, 7) is 0.358. The monoisotopic (exact) mass is 390 g/mol. The normalized spacial score (nSPS) is 10.4. The zero-order valence-electron chi connectivity index (χ0n) is 15.6. The van der Waals surface area contributed by atoms with Crippen molar-refractivity contribution in [1.82, 2.24) is 0 Å². The molecule has 0 aromatic heterocycles. The first-order valence-electron chi connectivity index (χ1n) is 8.77. The molecule has 0 saturated carbocycles.